The standard InChI is InChI=1S/C18H20Cl2N4S/c1-6-9(4)13-12(8(2)3)17-14(24-23-13)10(5)16(25-17)15-11(19)7-21-18(20)22-15/h7-9H,6H2,1-5H3/t9-/m1/s1. The first-order chi connectivity index (χ1) is 11.8. The molecule has 0 saturated carbocycles. The Morgan fingerprint density at radius 1 is 1.16 bits per heavy atom. The first-order valence-electron chi connectivity index (χ1n) is 8.33. The number of thiophene rings is 1. The Morgan fingerprint density at radius 2 is 1.88 bits per heavy atom. The fourth-order valence-corrected chi connectivity index (χ4v) is 4.75. The summed E-state index contributed by atoms with van der Waals surface area (Å²) >= 11 is 14.0. The number of fused-ring (bicyclic) bond motifs is 1. The molecule has 4 nitrogen and oxygen atoms in total. The number of nitrogens with zero attached hydrogens (tertiary/aromatic N) is 4. The lowest BCUT2D eigenvalue weighted by Gasteiger charge is -2.16. The van der Waals surface area contributed by atoms with Crippen LogP contribution in [-0.2, 0) is 0 Å². The zero-order valence-electron chi connectivity index (χ0n) is 14.9. The Balaban J connectivity index is 2.33. The highest BCUT2D eigenvalue weighted by Crippen LogP contribution is 2.43. The lowest BCUT2D eigenvalue weighted by atomic mass is 9.93. The van der Waals surface area contributed by atoms with Crippen molar-refractivity contribution in [3.63, 3.8) is 0 Å². The highest BCUT2D eigenvalue weighted by molar-refractivity contribution is 7.22. The van der Waals surface area contributed by atoms with Crippen molar-refractivity contribution in [2.45, 2.75) is 52.9 Å². The van der Waals surface area contributed by atoms with Crippen LogP contribution in [0.1, 0.15) is 62.8 Å². The zero-order chi connectivity index (χ0) is 18.3. The fraction of sp³-hybridized carbons (Fsp3) is 0.444. The smallest absolute Gasteiger partial charge is 0.223 e. The molecule has 0 amide bonds. The van der Waals surface area contributed by atoms with Crippen molar-refractivity contribution in [1.82, 2.24) is 20.2 Å². The summed E-state index contributed by atoms with van der Waals surface area (Å²) in [6, 6.07) is 0. The van der Waals surface area contributed by atoms with E-state index < -0.39 is 0 Å². The molecule has 25 heavy (non-hydrogen) atoms. The van der Waals surface area contributed by atoms with E-state index in [4.69, 9.17) is 23.2 Å². The Hall–Kier alpha value is -1.30. The lowest BCUT2D eigenvalue weighted by molar-refractivity contribution is 0.671. The molecule has 0 N–H and O–H groups in total. The predicted molar refractivity (Wildman–Crippen MR) is 106 cm³/mol. The van der Waals surface area contributed by atoms with Crippen LogP contribution in [0, 0.1) is 6.92 Å². The zero-order valence-corrected chi connectivity index (χ0v) is 17.2. The summed E-state index contributed by atoms with van der Waals surface area (Å²) in [6.07, 6.45) is 2.57. The molecule has 3 heterocycles. The van der Waals surface area contributed by atoms with Gasteiger partial charge in [0, 0.05) is 5.92 Å². The molecule has 0 unspecified atom stereocenters. The van der Waals surface area contributed by atoms with Crippen molar-refractivity contribution in [1.29, 1.82) is 0 Å². The van der Waals surface area contributed by atoms with Gasteiger partial charge in [0.25, 0.3) is 0 Å². The van der Waals surface area contributed by atoms with Gasteiger partial charge in [-0.15, -0.1) is 16.4 Å². The molecule has 0 saturated heterocycles. The molecule has 132 valence electrons. The molecule has 0 spiro atoms. The molecule has 3 rings (SSSR count). The van der Waals surface area contributed by atoms with Gasteiger partial charge in [0.2, 0.25) is 5.28 Å². The van der Waals surface area contributed by atoms with Crippen molar-refractivity contribution >= 4 is 44.8 Å². The number of rotatable bonds is 4. The highest BCUT2D eigenvalue weighted by atomic mass is 35.5. The second-order valence-corrected chi connectivity index (χ2v) is 8.30. The van der Waals surface area contributed by atoms with Gasteiger partial charge in [0.05, 0.1) is 26.5 Å². The first-order valence-corrected chi connectivity index (χ1v) is 9.90. The molecular formula is C18H20Cl2N4S. The van der Waals surface area contributed by atoms with Gasteiger partial charge in [-0.25, -0.2) is 9.97 Å². The molecule has 7 heteroatoms. The summed E-state index contributed by atoms with van der Waals surface area (Å²) in [5.74, 6) is 0.731. The minimum atomic E-state index is 0.187. The van der Waals surface area contributed by atoms with Crippen molar-refractivity contribution in [2.24, 2.45) is 0 Å². The molecule has 0 aromatic carbocycles. The molecule has 3 aromatic rings. The molecule has 0 fully saturated rings. The summed E-state index contributed by atoms with van der Waals surface area (Å²) < 4.78 is 1.17. The van der Waals surface area contributed by atoms with Crippen LogP contribution in [0.4, 0.5) is 0 Å². The number of aromatic nitrogens is 4. The summed E-state index contributed by atoms with van der Waals surface area (Å²) in [4.78, 5) is 9.25. The number of halogens is 2. The van der Waals surface area contributed by atoms with Gasteiger partial charge in [-0.1, -0.05) is 39.3 Å². The third kappa shape index (κ3) is 3.25. The maximum Gasteiger partial charge on any atom is 0.223 e. The lowest BCUT2D eigenvalue weighted by Crippen LogP contribution is -2.05. The predicted octanol–water partition coefficient (Wildman–Crippen LogP) is 6.40. The number of hydrogen-bond donors (Lipinski definition) is 0. The van der Waals surface area contributed by atoms with Crippen molar-refractivity contribution < 1.29 is 0 Å². The van der Waals surface area contributed by atoms with Gasteiger partial charge in [-0.2, -0.15) is 5.10 Å². The van der Waals surface area contributed by atoms with Gasteiger partial charge in [-0.3, -0.25) is 0 Å². The van der Waals surface area contributed by atoms with Gasteiger partial charge in [0.15, 0.2) is 0 Å². The summed E-state index contributed by atoms with van der Waals surface area (Å²) in [7, 11) is 0. The molecule has 0 aliphatic rings. The van der Waals surface area contributed by atoms with Gasteiger partial charge in [-0.05, 0) is 42.0 Å². The minimum absolute atomic E-state index is 0.187. The van der Waals surface area contributed by atoms with E-state index in [9.17, 15) is 0 Å². The van der Waals surface area contributed by atoms with Gasteiger partial charge < -0.3 is 0 Å². The first kappa shape index (κ1) is 18.5. The van der Waals surface area contributed by atoms with E-state index in [1.54, 1.807) is 11.3 Å². The van der Waals surface area contributed by atoms with Crippen LogP contribution < -0.4 is 0 Å². The van der Waals surface area contributed by atoms with E-state index in [0.717, 1.165) is 28.1 Å². The molecule has 0 aliphatic carbocycles. The van der Waals surface area contributed by atoms with Gasteiger partial charge >= 0.3 is 0 Å². The quantitative estimate of drug-likeness (QED) is 0.480. The largest absolute Gasteiger partial charge is 0.225 e. The van der Waals surface area contributed by atoms with Crippen LogP contribution in [0.5, 0.6) is 0 Å². The third-order valence-electron chi connectivity index (χ3n) is 4.48. The Kier molecular flexibility index (Phi) is 5.28. The van der Waals surface area contributed by atoms with Crippen molar-refractivity contribution in [3.8, 4) is 10.6 Å². The normalized spacial score (nSPS) is 13.0. The molecule has 0 bridgehead atoms. The molecule has 0 radical (unpaired) electrons. The molecule has 0 aliphatic heterocycles. The van der Waals surface area contributed by atoms with Gasteiger partial charge in [0.1, 0.15) is 11.2 Å². The second-order valence-electron chi connectivity index (χ2n) is 6.53. The van der Waals surface area contributed by atoms with Crippen LogP contribution in [0.3, 0.4) is 0 Å². The van der Waals surface area contributed by atoms with Crippen molar-refractivity contribution in [3.05, 3.63) is 33.3 Å². The van der Waals surface area contributed by atoms with E-state index in [1.807, 2.05) is 6.92 Å². The number of aryl methyl sites for hydroxylation is 1. The maximum atomic E-state index is 6.32. The Morgan fingerprint density at radius 3 is 2.52 bits per heavy atom. The van der Waals surface area contributed by atoms with Crippen LogP contribution in [-0.4, -0.2) is 20.2 Å². The van der Waals surface area contributed by atoms with E-state index in [-0.39, 0.29) is 5.28 Å². The second kappa shape index (κ2) is 7.14. The van der Waals surface area contributed by atoms with Crippen LogP contribution in [0.25, 0.3) is 20.8 Å². The van der Waals surface area contributed by atoms with E-state index >= 15 is 0 Å². The minimum Gasteiger partial charge on any atom is -0.225 e. The summed E-state index contributed by atoms with van der Waals surface area (Å²) in [5, 5.41) is 9.78. The SMILES string of the molecule is CC[C@@H](C)c1nnc2c(C)c(-c3nc(Cl)ncc3Cl)sc2c1C(C)C. The van der Waals surface area contributed by atoms with E-state index in [0.29, 0.717) is 22.6 Å². The average molecular weight is 395 g/mol. The van der Waals surface area contributed by atoms with Crippen LogP contribution >= 0.6 is 34.5 Å². The number of hydrogen-bond acceptors (Lipinski definition) is 5. The maximum absolute atomic E-state index is 6.32. The van der Waals surface area contributed by atoms with Crippen LogP contribution in [0.2, 0.25) is 10.3 Å². The highest BCUT2D eigenvalue weighted by Gasteiger charge is 2.23. The molecular weight excluding hydrogens is 375 g/mol. The molecule has 3 aromatic heterocycles. The van der Waals surface area contributed by atoms with Crippen molar-refractivity contribution in [2.75, 3.05) is 0 Å². The summed E-state index contributed by atoms with van der Waals surface area (Å²) in [5.41, 5.74) is 4.96. The monoisotopic (exact) mass is 394 g/mol. The Bertz CT molecular complexity index is 936. The van der Waals surface area contributed by atoms with E-state index in [1.165, 1.54) is 16.5 Å². The van der Waals surface area contributed by atoms with E-state index in [2.05, 4.69) is 47.9 Å². The Labute approximate surface area is 161 Å². The average Bonchev–Trinajstić information content (AvgIpc) is 2.92. The topological polar surface area (TPSA) is 51.6 Å². The van der Waals surface area contributed by atoms with Crippen LogP contribution in [0.15, 0.2) is 6.20 Å². The third-order valence-corrected chi connectivity index (χ3v) is 6.26. The molecule has 1 atom stereocenters. The summed E-state index contributed by atoms with van der Waals surface area (Å²) in [6.45, 7) is 10.8. The fourth-order valence-electron chi connectivity index (χ4n) is 2.93.